The lowest BCUT2D eigenvalue weighted by Gasteiger charge is -2.24. The van der Waals surface area contributed by atoms with E-state index in [4.69, 9.17) is 22.4 Å². The number of hydrogen-bond acceptors (Lipinski definition) is 7. The van der Waals surface area contributed by atoms with Crippen LogP contribution in [0, 0.1) is 11.8 Å². The molecule has 2 atom stereocenters. The van der Waals surface area contributed by atoms with Crippen LogP contribution in [-0.2, 0) is 31.5 Å². The van der Waals surface area contributed by atoms with Gasteiger partial charge in [-0.1, -0.05) is 38.8 Å². The summed E-state index contributed by atoms with van der Waals surface area (Å²) in [7, 11) is -8.30. The lowest BCUT2D eigenvalue weighted by atomic mass is 10.2. The molecule has 0 N–H and O–H groups in total. The average molecular weight is 426 g/mol. The second-order valence-electron chi connectivity index (χ2n) is 7.44. The summed E-state index contributed by atoms with van der Waals surface area (Å²) in [6, 6.07) is 0. The molecule has 0 rings (SSSR count). The Kier molecular flexibility index (Phi) is 12.9. The third-order valence-electron chi connectivity index (χ3n) is 2.89. The number of hydrogen-bond donors (Lipinski definition) is 0. The van der Waals surface area contributed by atoms with E-state index in [0.29, 0.717) is 12.8 Å². The highest BCUT2D eigenvalue weighted by Crippen LogP contribution is 2.66. The molecule has 0 amide bonds. The summed E-state index contributed by atoms with van der Waals surface area (Å²) < 4.78 is 52.6. The van der Waals surface area contributed by atoms with Crippen LogP contribution >= 0.6 is 15.6 Å². The molecule has 0 saturated carbocycles. The second-order valence-corrected chi connectivity index (χ2v) is 10.9. The number of rotatable bonds is 16. The Bertz CT molecular complexity index is 510. The molecule has 0 spiro atoms. The van der Waals surface area contributed by atoms with Crippen LogP contribution in [0.3, 0.4) is 0 Å². The first kappa shape index (κ1) is 26.7. The van der Waals surface area contributed by atoms with Gasteiger partial charge in [0, 0.05) is 0 Å². The fourth-order valence-corrected chi connectivity index (χ4v) is 4.91. The van der Waals surface area contributed by atoms with Crippen molar-refractivity contribution in [3.8, 4) is 0 Å². The SMILES string of the molecule is C=C(C)CCOP(=O)(OCC(C)C)OP(=O)(OCCC(=C)C)OCC(C)C. The predicted octanol–water partition coefficient (Wildman–Crippen LogP) is 6.53. The molecule has 7 nitrogen and oxygen atoms in total. The lowest BCUT2D eigenvalue weighted by Crippen LogP contribution is -2.10. The summed E-state index contributed by atoms with van der Waals surface area (Å²) in [6.07, 6.45) is 0.929. The van der Waals surface area contributed by atoms with Crippen molar-refractivity contribution >= 4 is 15.6 Å². The van der Waals surface area contributed by atoms with Crippen molar-refractivity contribution in [2.24, 2.45) is 11.8 Å². The highest BCUT2D eigenvalue weighted by atomic mass is 31.3. The van der Waals surface area contributed by atoms with Gasteiger partial charge < -0.3 is 0 Å². The van der Waals surface area contributed by atoms with Crippen LogP contribution in [0.25, 0.3) is 0 Å². The minimum atomic E-state index is -4.15. The Hall–Kier alpha value is -0.260. The Labute approximate surface area is 164 Å². The zero-order valence-corrected chi connectivity index (χ0v) is 19.4. The molecule has 0 radical (unpaired) electrons. The van der Waals surface area contributed by atoms with E-state index in [-0.39, 0.29) is 38.3 Å². The van der Waals surface area contributed by atoms with Crippen molar-refractivity contribution < 1.29 is 31.5 Å². The van der Waals surface area contributed by atoms with Gasteiger partial charge >= 0.3 is 15.6 Å². The standard InChI is InChI=1S/C18H36O7P2/c1-15(2)9-11-21-26(19,23-13-17(5)6)25-27(20,24-14-18(7)8)22-12-10-16(3)4/h17-18H,1,3,9-14H2,2,4-8H3. The Morgan fingerprint density at radius 3 is 1.33 bits per heavy atom. The highest BCUT2D eigenvalue weighted by molar-refractivity contribution is 7.62. The summed E-state index contributed by atoms with van der Waals surface area (Å²) >= 11 is 0. The molecule has 0 bridgehead atoms. The van der Waals surface area contributed by atoms with Crippen LogP contribution in [0.1, 0.15) is 54.4 Å². The van der Waals surface area contributed by atoms with Crippen LogP contribution in [0.5, 0.6) is 0 Å². The summed E-state index contributed by atoms with van der Waals surface area (Å²) in [5.41, 5.74) is 1.70. The van der Waals surface area contributed by atoms with E-state index in [1.807, 2.05) is 41.5 Å². The molecule has 0 aromatic rings. The molecule has 0 aliphatic carbocycles. The van der Waals surface area contributed by atoms with Crippen LogP contribution in [0.15, 0.2) is 24.3 Å². The molecule has 0 saturated heterocycles. The van der Waals surface area contributed by atoms with E-state index >= 15 is 0 Å². The van der Waals surface area contributed by atoms with Crippen LogP contribution in [-0.4, -0.2) is 26.4 Å². The lowest BCUT2D eigenvalue weighted by molar-refractivity contribution is 0.0992. The summed E-state index contributed by atoms with van der Waals surface area (Å²) in [5, 5.41) is 0. The van der Waals surface area contributed by atoms with Gasteiger partial charge in [-0.2, -0.15) is 4.31 Å². The minimum Gasteiger partial charge on any atom is -0.286 e. The third kappa shape index (κ3) is 14.4. The molecule has 0 aromatic carbocycles. The topological polar surface area (TPSA) is 80.3 Å². The maximum Gasteiger partial charge on any atom is 0.483 e. The molecule has 27 heavy (non-hydrogen) atoms. The first-order valence-corrected chi connectivity index (χ1v) is 12.1. The molecular formula is C18H36O7P2. The van der Waals surface area contributed by atoms with E-state index in [9.17, 15) is 9.13 Å². The summed E-state index contributed by atoms with van der Waals surface area (Å²) in [6.45, 7) is 19.0. The van der Waals surface area contributed by atoms with Gasteiger partial charge in [-0.3, -0.25) is 18.1 Å². The Balaban J connectivity index is 5.26. The van der Waals surface area contributed by atoms with Crippen molar-refractivity contribution in [2.45, 2.75) is 54.4 Å². The quantitative estimate of drug-likeness (QED) is 0.205. The van der Waals surface area contributed by atoms with Gasteiger partial charge in [0.25, 0.3) is 0 Å². The van der Waals surface area contributed by atoms with Gasteiger partial charge in [-0.15, -0.1) is 13.2 Å². The smallest absolute Gasteiger partial charge is 0.286 e. The predicted molar refractivity (Wildman–Crippen MR) is 109 cm³/mol. The van der Waals surface area contributed by atoms with Crippen LogP contribution in [0.4, 0.5) is 0 Å². The van der Waals surface area contributed by atoms with Crippen molar-refractivity contribution in [1.29, 1.82) is 0 Å². The highest BCUT2D eigenvalue weighted by Gasteiger charge is 2.41. The van der Waals surface area contributed by atoms with E-state index in [0.717, 1.165) is 11.1 Å². The largest absolute Gasteiger partial charge is 0.483 e. The van der Waals surface area contributed by atoms with Crippen molar-refractivity contribution in [2.75, 3.05) is 26.4 Å². The summed E-state index contributed by atoms with van der Waals surface area (Å²) in [4.78, 5) is 0. The van der Waals surface area contributed by atoms with Gasteiger partial charge in [0.1, 0.15) is 0 Å². The molecule has 0 fully saturated rings. The van der Waals surface area contributed by atoms with Gasteiger partial charge in [-0.25, -0.2) is 9.13 Å². The molecule has 2 unspecified atom stereocenters. The van der Waals surface area contributed by atoms with Gasteiger partial charge in [-0.05, 0) is 38.5 Å². The van der Waals surface area contributed by atoms with Crippen molar-refractivity contribution in [1.82, 2.24) is 0 Å². The van der Waals surface area contributed by atoms with Crippen molar-refractivity contribution in [3.63, 3.8) is 0 Å². The minimum absolute atomic E-state index is 0.0562. The molecular weight excluding hydrogens is 390 g/mol. The van der Waals surface area contributed by atoms with Gasteiger partial charge in [0.05, 0.1) is 26.4 Å². The molecule has 0 aliphatic rings. The zero-order valence-electron chi connectivity index (χ0n) is 17.6. The van der Waals surface area contributed by atoms with E-state index in [1.165, 1.54) is 0 Å². The van der Waals surface area contributed by atoms with Crippen molar-refractivity contribution in [3.05, 3.63) is 24.3 Å². The molecule has 0 aromatic heterocycles. The third-order valence-corrected chi connectivity index (χ3v) is 6.42. The molecule has 0 aliphatic heterocycles. The van der Waals surface area contributed by atoms with Gasteiger partial charge in [0.2, 0.25) is 0 Å². The number of phosphoric ester groups is 2. The molecule has 9 heteroatoms. The first-order valence-electron chi connectivity index (χ1n) is 9.16. The first-order chi connectivity index (χ1) is 12.4. The second kappa shape index (κ2) is 13.1. The number of phosphoric acid groups is 2. The summed E-state index contributed by atoms with van der Waals surface area (Å²) in [5.74, 6) is 0.152. The van der Waals surface area contributed by atoms with Crippen LogP contribution in [0.2, 0.25) is 0 Å². The normalized spacial score (nSPS) is 16.3. The van der Waals surface area contributed by atoms with E-state index in [2.05, 4.69) is 13.2 Å². The Morgan fingerprint density at radius 2 is 1.07 bits per heavy atom. The van der Waals surface area contributed by atoms with E-state index < -0.39 is 15.6 Å². The van der Waals surface area contributed by atoms with Crippen LogP contribution < -0.4 is 0 Å². The fraction of sp³-hybridized carbons (Fsp3) is 0.778. The Morgan fingerprint density at radius 1 is 0.741 bits per heavy atom. The fourth-order valence-electron chi connectivity index (χ4n) is 1.44. The monoisotopic (exact) mass is 426 g/mol. The zero-order chi connectivity index (χ0) is 21.1. The molecule has 160 valence electrons. The van der Waals surface area contributed by atoms with E-state index in [1.54, 1.807) is 0 Å². The maximum absolute atomic E-state index is 13.0. The average Bonchev–Trinajstić information content (AvgIpc) is 2.50. The maximum atomic E-state index is 13.0. The van der Waals surface area contributed by atoms with Gasteiger partial charge in [0.15, 0.2) is 0 Å². The molecule has 0 heterocycles.